The number of ketones is 1. The Hall–Kier alpha value is -4.54. The highest BCUT2D eigenvalue weighted by Crippen LogP contribution is 2.27. The first-order chi connectivity index (χ1) is 18.6. The van der Waals surface area contributed by atoms with Gasteiger partial charge in [0.05, 0.1) is 0 Å². The Balaban J connectivity index is 1.74. The smallest absolute Gasteiger partial charge is 0.312 e. The number of benzene rings is 2. The molecule has 1 unspecified atom stereocenters. The zero-order valence-corrected chi connectivity index (χ0v) is 22.0. The summed E-state index contributed by atoms with van der Waals surface area (Å²) in [5.41, 5.74) is 0.346. The van der Waals surface area contributed by atoms with Gasteiger partial charge in [-0.15, -0.1) is 0 Å². The van der Waals surface area contributed by atoms with Gasteiger partial charge in [-0.1, -0.05) is 30.3 Å². The minimum absolute atomic E-state index is 0.0796. The Morgan fingerprint density at radius 3 is 2.31 bits per heavy atom. The van der Waals surface area contributed by atoms with Crippen LogP contribution in [0.3, 0.4) is 0 Å². The Morgan fingerprint density at radius 2 is 1.67 bits per heavy atom. The van der Waals surface area contributed by atoms with Gasteiger partial charge in [-0.05, 0) is 36.2 Å². The van der Waals surface area contributed by atoms with Crippen LogP contribution in [0.15, 0.2) is 59.4 Å². The lowest BCUT2D eigenvalue weighted by atomic mass is 10.1. The van der Waals surface area contributed by atoms with E-state index in [4.69, 9.17) is 0 Å². The zero-order valence-electron chi connectivity index (χ0n) is 22.0. The van der Waals surface area contributed by atoms with Crippen molar-refractivity contribution < 1.29 is 23.9 Å². The largest absolute Gasteiger partial charge is 0.501 e. The molecule has 2 aromatic carbocycles. The molecule has 0 saturated heterocycles. The van der Waals surface area contributed by atoms with Crippen LogP contribution in [0.25, 0.3) is 0 Å². The maximum atomic E-state index is 13.3. The highest BCUT2D eigenvalue weighted by atomic mass is 19.1. The van der Waals surface area contributed by atoms with Gasteiger partial charge in [-0.25, -0.2) is 9.37 Å². The molecule has 2 heterocycles. The molecule has 39 heavy (non-hydrogen) atoms. The van der Waals surface area contributed by atoms with E-state index in [-0.39, 0.29) is 31.8 Å². The van der Waals surface area contributed by atoms with Gasteiger partial charge in [0, 0.05) is 52.9 Å². The van der Waals surface area contributed by atoms with Crippen molar-refractivity contribution in [2.75, 3.05) is 39.1 Å². The van der Waals surface area contributed by atoms with E-state index >= 15 is 0 Å². The van der Waals surface area contributed by atoms with Gasteiger partial charge in [0.1, 0.15) is 17.7 Å². The number of fused-ring (bicyclic) bond motifs is 1. The number of carbonyl (C=O) groups excluding carboxylic acids is 3. The summed E-state index contributed by atoms with van der Waals surface area (Å²) in [6.07, 6.45) is 0.170. The molecule has 10 nitrogen and oxygen atoms in total. The van der Waals surface area contributed by atoms with Gasteiger partial charge in [0.25, 0.3) is 5.56 Å². The molecule has 11 heteroatoms. The number of aryl methyl sites for hydroxylation is 1. The van der Waals surface area contributed by atoms with Crippen molar-refractivity contribution >= 4 is 23.3 Å². The summed E-state index contributed by atoms with van der Waals surface area (Å²) in [4.78, 5) is 60.8. The maximum Gasteiger partial charge on any atom is 0.312 e. The third kappa shape index (κ3) is 5.82. The quantitative estimate of drug-likeness (QED) is 0.379. The molecule has 0 aliphatic carbocycles. The number of amides is 2. The summed E-state index contributed by atoms with van der Waals surface area (Å²) in [5, 5.41) is 10.7. The highest BCUT2D eigenvalue weighted by molar-refractivity contribution is 6.34. The molecule has 204 valence electrons. The number of nitrogens with zero attached hydrogens (tertiary/aromatic N) is 5. The predicted molar refractivity (Wildman–Crippen MR) is 142 cm³/mol. The summed E-state index contributed by atoms with van der Waals surface area (Å²) >= 11 is 0. The molecular weight excluding hydrogens is 505 g/mol. The number of hydrogen-bond acceptors (Lipinski definition) is 7. The summed E-state index contributed by atoms with van der Waals surface area (Å²) in [5.74, 6) is -3.20. The van der Waals surface area contributed by atoms with E-state index < -0.39 is 46.5 Å². The third-order valence-electron chi connectivity index (χ3n) is 6.78. The van der Waals surface area contributed by atoms with Gasteiger partial charge in [0.2, 0.25) is 5.75 Å². The van der Waals surface area contributed by atoms with E-state index in [2.05, 4.69) is 4.98 Å². The molecule has 1 aliphatic heterocycles. The van der Waals surface area contributed by atoms with Crippen LogP contribution in [0.4, 0.5) is 10.1 Å². The average molecular weight is 536 g/mol. The molecule has 1 aliphatic rings. The number of likely N-dealkylation sites (N-methyl/N-ethyl adjacent to an activating group) is 2. The van der Waals surface area contributed by atoms with Crippen molar-refractivity contribution in [3.63, 3.8) is 0 Å². The van der Waals surface area contributed by atoms with Gasteiger partial charge in [-0.2, -0.15) is 0 Å². The van der Waals surface area contributed by atoms with Crippen LogP contribution in [0.5, 0.6) is 5.75 Å². The first-order valence-corrected chi connectivity index (χ1v) is 12.5. The first-order valence-electron chi connectivity index (χ1n) is 12.5. The van der Waals surface area contributed by atoms with E-state index in [1.165, 1.54) is 42.7 Å². The Morgan fingerprint density at radius 1 is 1.00 bits per heavy atom. The van der Waals surface area contributed by atoms with Crippen LogP contribution < -0.4 is 10.5 Å². The lowest BCUT2D eigenvalue weighted by Crippen LogP contribution is -2.46. The molecule has 3 aromatic rings. The molecular formula is C28H30FN5O5. The van der Waals surface area contributed by atoms with Gasteiger partial charge >= 0.3 is 11.8 Å². The summed E-state index contributed by atoms with van der Waals surface area (Å²) in [7, 11) is 4.37. The second-order valence-corrected chi connectivity index (χ2v) is 9.59. The number of anilines is 1. The van der Waals surface area contributed by atoms with E-state index in [9.17, 15) is 28.7 Å². The topological polar surface area (TPSA) is 116 Å². The lowest BCUT2D eigenvalue weighted by Gasteiger charge is -2.32. The maximum absolute atomic E-state index is 13.3. The van der Waals surface area contributed by atoms with E-state index in [1.807, 2.05) is 35.2 Å². The molecule has 1 aromatic heterocycles. The number of halogens is 1. The van der Waals surface area contributed by atoms with Crippen LogP contribution in [-0.4, -0.2) is 76.3 Å². The highest BCUT2D eigenvalue weighted by Gasteiger charge is 2.36. The van der Waals surface area contributed by atoms with Gasteiger partial charge < -0.3 is 19.8 Å². The van der Waals surface area contributed by atoms with Crippen molar-refractivity contribution in [2.45, 2.75) is 25.4 Å². The average Bonchev–Trinajstić information content (AvgIpc) is 3.13. The minimum atomic E-state index is -0.888. The Kier molecular flexibility index (Phi) is 8.08. The summed E-state index contributed by atoms with van der Waals surface area (Å²) in [6.45, 7) is 0.678. The number of aromatic hydroxyl groups is 1. The summed E-state index contributed by atoms with van der Waals surface area (Å²) < 4.78 is 14.5. The molecule has 0 fully saturated rings. The third-order valence-corrected chi connectivity index (χ3v) is 6.78. The number of hydrogen-bond donors (Lipinski definition) is 1. The van der Waals surface area contributed by atoms with Crippen molar-refractivity contribution in [2.24, 2.45) is 0 Å². The van der Waals surface area contributed by atoms with Crippen molar-refractivity contribution in [3.05, 3.63) is 87.9 Å². The molecule has 1 N–H and O–H groups in total. The standard InChI is InChI=1S/C28H30FN5O5/c1-31(2)27(38)28(39)32(3)21-17-33(20-7-5-4-6-8-20)15-16-34-25(21)30-23(24(36)26(34)37)22(35)14-11-18-9-12-19(29)13-10-18/h4-10,12-13,21,36H,11,14-17H2,1-3H3. The molecule has 0 bridgehead atoms. The fourth-order valence-corrected chi connectivity index (χ4v) is 4.51. The number of aromatic nitrogens is 2. The summed E-state index contributed by atoms with van der Waals surface area (Å²) in [6, 6.07) is 14.2. The van der Waals surface area contributed by atoms with Crippen LogP contribution in [0.2, 0.25) is 0 Å². The second-order valence-electron chi connectivity index (χ2n) is 9.59. The molecule has 0 radical (unpaired) electrons. The second kappa shape index (κ2) is 11.5. The van der Waals surface area contributed by atoms with Crippen molar-refractivity contribution in [1.29, 1.82) is 0 Å². The first kappa shape index (κ1) is 27.5. The van der Waals surface area contributed by atoms with Crippen LogP contribution in [0.1, 0.15) is 34.3 Å². The fraction of sp³-hybridized carbons (Fsp3) is 0.321. The Labute approximate surface area is 224 Å². The van der Waals surface area contributed by atoms with E-state index in [0.717, 1.165) is 10.6 Å². The van der Waals surface area contributed by atoms with Crippen LogP contribution >= 0.6 is 0 Å². The molecule has 2 amide bonds. The molecule has 0 saturated carbocycles. The van der Waals surface area contributed by atoms with Crippen molar-refractivity contribution in [3.8, 4) is 5.75 Å². The predicted octanol–water partition coefficient (Wildman–Crippen LogP) is 2.01. The number of Topliss-reactive ketones (excluding diaryl/α,β-unsaturated/α-hetero) is 1. The molecule has 0 spiro atoms. The van der Waals surface area contributed by atoms with E-state index in [0.29, 0.717) is 12.1 Å². The molecule has 1 atom stereocenters. The lowest BCUT2D eigenvalue weighted by molar-refractivity contribution is -0.150. The molecule has 4 rings (SSSR count). The van der Waals surface area contributed by atoms with E-state index in [1.54, 1.807) is 12.1 Å². The Bertz CT molecular complexity index is 1440. The van der Waals surface area contributed by atoms with Crippen LogP contribution in [0, 0.1) is 5.82 Å². The minimum Gasteiger partial charge on any atom is -0.501 e. The SMILES string of the molecule is CN(C)C(=O)C(=O)N(C)C1CN(c2ccccc2)CCn2c1nc(C(=O)CCc1ccc(F)cc1)c(O)c2=O. The number of para-hydroxylation sites is 1. The normalized spacial score (nSPS) is 14.8. The van der Waals surface area contributed by atoms with Gasteiger partial charge in [-0.3, -0.25) is 23.7 Å². The number of carbonyl (C=O) groups is 3. The van der Waals surface area contributed by atoms with Crippen molar-refractivity contribution in [1.82, 2.24) is 19.4 Å². The zero-order chi connectivity index (χ0) is 28.3. The van der Waals surface area contributed by atoms with Crippen LogP contribution in [-0.2, 0) is 22.6 Å². The van der Waals surface area contributed by atoms with Gasteiger partial charge in [0.15, 0.2) is 11.5 Å². The number of rotatable bonds is 6. The fourth-order valence-electron chi connectivity index (χ4n) is 4.51. The monoisotopic (exact) mass is 535 g/mol.